The molecule has 2 aromatic carbocycles. The van der Waals surface area contributed by atoms with Crippen LogP contribution in [0.15, 0.2) is 65.7 Å². The normalized spacial score (nSPS) is 13.3. The van der Waals surface area contributed by atoms with E-state index in [-0.39, 0.29) is 13.1 Å². The van der Waals surface area contributed by atoms with Crippen LogP contribution in [0.5, 0.6) is 0 Å². The van der Waals surface area contributed by atoms with Crippen molar-refractivity contribution in [3.63, 3.8) is 0 Å². The number of nitrogens with zero attached hydrogens (tertiary/aromatic N) is 4. The highest BCUT2D eigenvalue weighted by atomic mass is 32.1. The summed E-state index contributed by atoms with van der Waals surface area (Å²) in [4.78, 5) is 20.1. The third-order valence-electron chi connectivity index (χ3n) is 5.98. The molecule has 0 bridgehead atoms. The Balaban J connectivity index is 0.00000204. The molecule has 3 heterocycles. The van der Waals surface area contributed by atoms with Crippen molar-refractivity contribution in [3.05, 3.63) is 87.4 Å². The minimum atomic E-state index is -0.124. The highest BCUT2D eigenvalue weighted by molar-refractivity contribution is 7.19. The van der Waals surface area contributed by atoms with Crippen molar-refractivity contribution in [3.8, 4) is 11.1 Å². The molecule has 0 spiro atoms. The number of thiophene rings is 1. The summed E-state index contributed by atoms with van der Waals surface area (Å²) in [5.74, 6) is 0. The van der Waals surface area contributed by atoms with Crippen molar-refractivity contribution in [1.82, 2.24) is 19.2 Å². The number of fused-ring (bicyclic) bond motifs is 5. The average molecular weight is 429 g/mol. The summed E-state index contributed by atoms with van der Waals surface area (Å²) in [6.07, 6.45) is 6.05. The summed E-state index contributed by atoms with van der Waals surface area (Å²) in [5.41, 5.74) is 5.41. The van der Waals surface area contributed by atoms with E-state index < -0.39 is 0 Å². The van der Waals surface area contributed by atoms with Gasteiger partial charge in [0.1, 0.15) is 11.2 Å². The molecule has 0 amide bonds. The first-order valence-electron chi connectivity index (χ1n) is 10.3. The van der Waals surface area contributed by atoms with E-state index in [0.29, 0.717) is 12.2 Å². The smallest absolute Gasteiger partial charge is 0.278 e. The first-order valence-corrected chi connectivity index (χ1v) is 11.1. The highest BCUT2D eigenvalue weighted by Crippen LogP contribution is 2.37. The maximum Gasteiger partial charge on any atom is 0.352 e. The van der Waals surface area contributed by atoms with Gasteiger partial charge in [-0.15, -0.1) is 11.3 Å². The first kappa shape index (κ1) is 19.7. The van der Waals surface area contributed by atoms with Crippen molar-refractivity contribution < 1.29 is 0 Å². The van der Waals surface area contributed by atoms with Crippen molar-refractivity contribution >= 4 is 27.2 Å². The van der Waals surface area contributed by atoms with E-state index in [1.54, 1.807) is 11.3 Å². The Hall–Kier alpha value is -3.25. The Labute approximate surface area is 184 Å². The number of hydrogen-bond donors (Lipinski definition) is 0. The van der Waals surface area contributed by atoms with E-state index in [4.69, 9.17) is 0 Å². The molecule has 1 aliphatic rings. The quantitative estimate of drug-likeness (QED) is 0.390. The second-order valence-corrected chi connectivity index (χ2v) is 8.90. The Morgan fingerprint density at radius 1 is 0.935 bits per heavy atom. The topological polar surface area (TPSA) is 52.2 Å². The Morgan fingerprint density at radius 3 is 2.48 bits per heavy atom. The van der Waals surface area contributed by atoms with Gasteiger partial charge in [-0.2, -0.15) is 9.61 Å². The van der Waals surface area contributed by atoms with Crippen LogP contribution in [0.2, 0.25) is 0 Å². The van der Waals surface area contributed by atoms with Gasteiger partial charge in [0, 0.05) is 4.88 Å². The van der Waals surface area contributed by atoms with Gasteiger partial charge >= 0.3 is 5.69 Å². The van der Waals surface area contributed by atoms with Crippen LogP contribution < -0.4 is 5.69 Å². The molecule has 0 atom stereocenters. The van der Waals surface area contributed by atoms with Gasteiger partial charge < -0.3 is 0 Å². The number of rotatable bonds is 3. The minimum absolute atomic E-state index is 0. The van der Waals surface area contributed by atoms with Gasteiger partial charge in [-0.25, -0.2) is 9.78 Å². The SMILES string of the molecule is C.O=c1n(Cc2ccc(-c3ccccc3)cc2)c2sc3c(c2c2ncnn12)CCCC3. The van der Waals surface area contributed by atoms with E-state index in [0.717, 1.165) is 28.6 Å². The number of benzene rings is 2. The van der Waals surface area contributed by atoms with Crippen LogP contribution in [0, 0.1) is 0 Å². The predicted octanol–water partition coefficient (Wildman–Crippen LogP) is 5.34. The van der Waals surface area contributed by atoms with E-state index >= 15 is 0 Å². The molecule has 0 aliphatic heterocycles. The number of aryl methyl sites for hydroxylation is 2. The Kier molecular flexibility index (Phi) is 4.94. The predicted molar refractivity (Wildman–Crippen MR) is 127 cm³/mol. The minimum Gasteiger partial charge on any atom is -0.278 e. The van der Waals surface area contributed by atoms with Gasteiger partial charge in [-0.1, -0.05) is 62.0 Å². The summed E-state index contributed by atoms with van der Waals surface area (Å²) in [5, 5.41) is 5.35. The van der Waals surface area contributed by atoms with Gasteiger partial charge in [-0.05, 0) is 47.9 Å². The number of aromatic nitrogens is 4. The second-order valence-electron chi connectivity index (χ2n) is 7.82. The van der Waals surface area contributed by atoms with Crippen LogP contribution >= 0.6 is 11.3 Å². The van der Waals surface area contributed by atoms with Crippen molar-refractivity contribution in [2.24, 2.45) is 0 Å². The largest absolute Gasteiger partial charge is 0.352 e. The summed E-state index contributed by atoms with van der Waals surface area (Å²) >= 11 is 1.76. The molecule has 3 aromatic heterocycles. The van der Waals surface area contributed by atoms with Crippen LogP contribution in [-0.4, -0.2) is 19.2 Å². The highest BCUT2D eigenvalue weighted by Gasteiger charge is 2.23. The lowest BCUT2D eigenvalue weighted by molar-refractivity contribution is 0.698. The third kappa shape index (κ3) is 3.18. The summed E-state index contributed by atoms with van der Waals surface area (Å²) in [6.45, 7) is 0.527. The maximum absolute atomic E-state index is 13.2. The zero-order chi connectivity index (χ0) is 20.1. The molecule has 0 fully saturated rings. The molecule has 0 unspecified atom stereocenters. The van der Waals surface area contributed by atoms with Crippen LogP contribution in [0.1, 0.15) is 36.3 Å². The molecule has 6 rings (SSSR count). The molecule has 0 radical (unpaired) electrons. The van der Waals surface area contributed by atoms with Gasteiger partial charge in [0.05, 0.1) is 11.9 Å². The second kappa shape index (κ2) is 7.78. The molecule has 5 nitrogen and oxygen atoms in total. The summed E-state index contributed by atoms with van der Waals surface area (Å²) in [6, 6.07) is 18.8. The zero-order valence-electron chi connectivity index (χ0n) is 16.4. The van der Waals surface area contributed by atoms with Gasteiger partial charge in [0.25, 0.3) is 0 Å². The fourth-order valence-electron chi connectivity index (χ4n) is 4.48. The van der Waals surface area contributed by atoms with Gasteiger partial charge in [0.15, 0.2) is 5.65 Å². The van der Waals surface area contributed by atoms with E-state index in [9.17, 15) is 4.79 Å². The number of hydrogen-bond acceptors (Lipinski definition) is 4. The van der Waals surface area contributed by atoms with Crippen molar-refractivity contribution in [2.45, 2.75) is 39.7 Å². The fraction of sp³-hybridized carbons (Fsp3) is 0.240. The van der Waals surface area contributed by atoms with E-state index in [1.807, 2.05) is 22.8 Å². The molecule has 5 aromatic rings. The zero-order valence-corrected chi connectivity index (χ0v) is 17.2. The first-order chi connectivity index (χ1) is 14.8. The molecule has 156 valence electrons. The fourth-order valence-corrected chi connectivity index (χ4v) is 5.86. The average Bonchev–Trinajstić information content (AvgIpc) is 3.42. The van der Waals surface area contributed by atoms with Crippen molar-refractivity contribution in [1.29, 1.82) is 0 Å². The van der Waals surface area contributed by atoms with Crippen LogP contribution in [0.3, 0.4) is 0 Å². The summed E-state index contributed by atoms with van der Waals surface area (Å²) in [7, 11) is 0. The molecular formula is C25H24N4OS. The van der Waals surface area contributed by atoms with Crippen molar-refractivity contribution in [2.75, 3.05) is 0 Å². The lowest BCUT2D eigenvalue weighted by atomic mass is 9.97. The van der Waals surface area contributed by atoms with Crippen LogP contribution in [0.4, 0.5) is 0 Å². The monoisotopic (exact) mass is 428 g/mol. The molecule has 6 heteroatoms. The van der Waals surface area contributed by atoms with Gasteiger partial charge in [0.2, 0.25) is 0 Å². The summed E-state index contributed by atoms with van der Waals surface area (Å²) < 4.78 is 3.33. The third-order valence-corrected chi connectivity index (χ3v) is 7.30. The van der Waals surface area contributed by atoms with Crippen LogP contribution in [-0.2, 0) is 19.4 Å². The molecule has 0 saturated carbocycles. The standard InChI is InChI=1S/C24H20N4OS.CH4/c29-24-27(14-16-10-12-18(13-11-16)17-6-2-1-3-7-17)23-21(22-25-15-26-28(22)24)19-8-4-5-9-20(19)30-23;/h1-3,6-7,10-13,15H,4-5,8-9,14H2;1H4. The van der Waals surface area contributed by atoms with E-state index in [1.165, 1.54) is 45.3 Å². The molecular weight excluding hydrogens is 404 g/mol. The molecule has 1 aliphatic carbocycles. The maximum atomic E-state index is 13.2. The molecule has 0 N–H and O–H groups in total. The lowest BCUT2D eigenvalue weighted by Crippen LogP contribution is -2.27. The lowest BCUT2D eigenvalue weighted by Gasteiger charge is -2.11. The van der Waals surface area contributed by atoms with Gasteiger partial charge in [-0.3, -0.25) is 4.57 Å². The molecule has 31 heavy (non-hydrogen) atoms. The Morgan fingerprint density at radius 2 is 1.68 bits per heavy atom. The molecule has 0 saturated heterocycles. The Bertz CT molecular complexity index is 1430. The van der Waals surface area contributed by atoms with Crippen LogP contribution in [0.25, 0.3) is 27.0 Å². The van der Waals surface area contributed by atoms with E-state index in [2.05, 4.69) is 46.5 Å².